The van der Waals surface area contributed by atoms with Crippen LogP contribution in [0.3, 0.4) is 0 Å². The van der Waals surface area contributed by atoms with Crippen molar-refractivity contribution in [1.29, 1.82) is 0 Å². The summed E-state index contributed by atoms with van der Waals surface area (Å²) in [5.41, 5.74) is 0.175. The smallest absolute Gasteiger partial charge is 0.343 e. The van der Waals surface area contributed by atoms with Crippen LogP contribution in [-0.4, -0.2) is 38.9 Å². The summed E-state index contributed by atoms with van der Waals surface area (Å²) in [6.45, 7) is 1.02. The number of carbonyl (C=O) groups is 1. The SMILES string of the molecule is COc1ccccc1OC(=O)c1cccc(S(=O)(=O)N2CCCCC2)c1. The minimum atomic E-state index is -3.60. The van der Waals surface area contributed by atoms with Crippen molar-refractivity contribution in [2.45, 2.75) is 24.2 Å². The first-order valence-electron chi connectivity index (χ1n) is 8.48. The minimum Gasteiger partial charge on any atom is -0.493 e. The molecule has 7 heteroatoms. The molecule has 1 aliphatic heterocycles. The quantitative estimate of drug-likeness (QED) is 0.593. The van der Waals surface area contributed by atoms with Gasteiger partial charge in [-0.25, -0.2) is 13.2 Å². The third-order valence-electron chi connectivity index (χ3n) is 4.29. The largest absolute Gasteiger partial charge is 0.493 e. The monoisotopic (exact) mass is 375 g/mol. The van der Waals surface area contributed by atoms with Crippen LogP contribution in [0.15, 0.2) is 53.4 Å². The number of esters is 1. The first-order chi connectivity index (χ1) is 12.5. The lowest BCUT2D eigenvalue weighted by atomic mass is 10.2. The second kappa shape index (κ2) is 7.88. The Labute approximate surface area is 153 Å². The maximum atomic E-state index is 12.8. The van der Waals surface area contributed by atoms with Crippen molar-refractivity contribution in [1.82, 2.24) is 4.31 Å². The maximum Gasteiger partial charge on any atom is 0.343 e. The van der Waals surface area contributed by atoms with Gasteiger partial charge in [0.1, 0.15) is 0 Å². The lowest BCUT2D eigenvalue weighted by molar-refractivity contribution is 0.0729. The molecule has 3 rings (SSSR count). The highest BCUT2D eigenvalue weighted by Gasteiger charge is 2.26. The Morgan fingerprint density at radius 1 is 0.962 bits per heavy atom. The van der Waals surface area contributed by atoms with Gasteiger partial charge in [0.15, 0.2) is 11.5 Å². The maximum absolute atomic E-state index is 12.8. The average Bonchev–Trinajstić information content (AvgIpc) is 2.69. The summed E-state index contributed by atoms with van der Waals surface area (Å²) in [5.74, 6) is 0.0763. The number of rotatable bonds is 5. The summed E-state index contributed by atoms with van der Waals surface area (Å²) in [5, 5.41) is 0. The molecule has 0 atom stereocenters. The van der Waals surface area contributed by atoms with Crippen LogP contribution in [0.5, 0.6) is 11.5 Å². The summed E-state index contributed by atoms with van der Waals surface area (Å²) >= 11 is 0. The lowest BCUT2D eigenvalue weighted by Gasteiger charge is -2.25. The highest BCUT2D eigenvalue weighted by Crippen LogP contribution is 2.27. The number of para-hydroxylation sites is 2. The van der Waals surface area contributed by atoms with Crippen molar-refractivity contribution in [3.8, 4) is 11.5 Å². The van der Waals surface area contributed by atoms with Crippen molar-refractivity contribution in [3.63, 3.8) is 0 Å². The molecule has 0 amide bonds. The van der Waals surface area contributed by atoms with Gasteiger partial charge in [0.05, 0.1) is 17.6 Å². The van der Waals surface area contributed by atoms with Crippen LogP contribution >= 0.6 is 0 Å². The predicted molar refractivity (Wildman–Crippen MR) is 97.0 cm³/mol. The van der Waals surface area contributed by atoms with Crippen molar-refractivity contribution in [2.75, 3.05) is 20.2 Å². The third-order valence-corrected chi connectivity index (χ3v) is 6.19. The van der Waals surface area contributed by atoms with Gasteiger partial charge in [-0.2, -0.15) is 4.31 Å². The number of hydrogen-bond acceptors (Lipinski definition) is 5. The molecule has 0 saturated carbocycles. The van der Waals surface area contributed by atoms with Crippen LogP contribution < -0.4 is 9.47 Å². The topological polar surface area (TPSA) is 72.9 Å². The average molecular weight is 375 g/mol. The van der Waals surface area contributed by atoms with E-state index in [0.717, 1.165) is 19.3 Å². The van der Waals surface area contributed by atoms with E-state index in [1.54, 1.807) is 30.3 Å². The summed E-state index contributed by atoms with van der Waals surface area (Å²) in [7, 11) is -2.12. The Bertz CT molecular complexity index is 888. The van der Waals surface area contributed by atoms with Crippen LogP contribution in [0.4, 0.5) is 0 Å². The van der Waals surface area contributed by atoms with Gasteiger partial charge in [-0.05, 0) is 43.2 Å². The standard InChI is InChI=1S/C19H21NO5S/c1-24-17-10-3-4-11-18(17)25-19(21)15-8-7-9-16(14-15)26(22,23)20-12-5-2-6-13-20/h3-4,7-11,14H,2,5-6,12-13H2,1H3. The van der Waals surface area contributed by atoms with Crippen LogP contribution in [0.25, 0.3) is 0 Å². The molecule has 2 aromatic rings. The molecule has 0 unspecified atom stereocenters. The van der Waals surface area contributed by atoms with Gasteiger partial charge in [0.25, 0.3) is 0 Å². The van der Waals surface area contributed by atoms with E-state index in [9.17, 15) is 13.2 Å². The Hall–Kier alpha value is -2.38. The zero-order chi connectivity index (χ0) is 18.6. The van der Waals surface area contributed by atoms with E-state index in [-0.39, 0.29) is 16.2 Å². The van der Waals surface area contributed by atoms with Crippen LogP contribution in [0.1, 0.15) is 29.6 Å². The van der Waals surface area contributed by atoms with Gasteiger partial charge in [-0.1, -0.05) is 24.6 Å². The number of methoxy groups -OCH3 is 1. The number of carbonyl (C=O) groups excluding carboxylic acids is 1. The van der Waals surface area contributed by atoms with Crippen molar-refractivity contribution < 1.29 is 22.7 Å². The second-order valence-electron chi connectivity index (χ2n) is 6.03. The molecule has 0 aromatic heterocycles. The van der Waals surface area contributed by atoms with E-state index < -0.39 is 16.0 Å². The van der Waals surface area contributed by atoms with Gasteiger partial charge in [-0.15, -0.1) is 0 Å². The Balaban J connectivity index is 1.83. The molecule has 1 saturated heterocycles. The zero-order valence-electron chi connectivity index (χ0n) is 14.6. The van der Waals surface area contributed by atoms with E-state index in [1.165, 1.54) is 29.6 Å². The molecular formula is C19H21NO5S. The fourth-order valence-corrected chi connectivity index (χ4v) is 4.46. The summed E-state index contributed by atoms with van der Waals surface area (Å²) < 4.78 is 37.5. The highest BCUT2D eigenvalue weighted by atomic mass is 32.2. The van der Waals surface area contributed by atoms with Crippen LogP contribution in [0.2, 0.25) is 0 Å². The van der Waals surface area contributed by atoms with E-state index in [4.69, 9.17) is 9.47 Å². The highest BCUT2D eigenvalue weighted by molar-refractivity contribution is 7.89. The van der Waals surface area contributed by atoms with E-state index in [0.29, 0.717) is 18.8 Å². The van der Waals surface area contributed by atoms with Gasteiger partial charge in [0, 0.05) is 13.1 Å². The van der Waals surface area contributed by atoms with E-state index in [2.05, 4.69) is 0 Å². The Kier molecular flexibility index (Phi) is 5.58. The van der Waals surface area contributed by atoms with Crippen molar-refractivity contribution in [3.05, 3.63) is 54.1 Å². The van der Waals surface area contributed by atoms with E-state index in [1.807, 2.05) is 0 Å². The normalized spacial score (nSPS) is 15.4. The third kappa shape index (κ3) is 3.89. The van der Waals surface area contributed by atoms with Gasteiger partial charge < -0.3 is 9.47 Å². The first kappa shape index (κ1) is 18.4. The summed E-state index contributed by atoms with van der Waals surface area (Å²) in [6, 6.07) is 12.7. The van der Waals surface area contributed by atoms with Crippen molar-refractivity contribution in [2.24, 2.45) is 0 Å². The van der Waals surface area contributed by atoms with Gasteiger partial charge in [-0.3, -0.25) is 0 Å². The van der Waals surface area contributed by atoms with Crippen LogP contribution in [-0.2, 0) is 10.0 Å². The molecule has 1 heterocycles. The number of hydrogen-bond donors (Lipinski definition) is 0. The predicted octanol–water partition coefficient (Wildman–Crippen LogP) is 3.09. The molecule has 1 fully saturated rings. The number of ether oxygens (including phenoxy) is 2. The Morgan fingerprint density at radius 2 is 1.65 bits per heavy atom. The molecular weight excluding hydrogens is 354 g/mol. The summed E-state index contributed by atoms with van der Waals surface area (Å²) in [4.78, 5) is 12.6. The molecule has 138 valence electrons. The fraction of sp³-hybridized carbons (Fsp3) is 0.316. The molecule has 0 radical (unpaired) electrons. The number of benzene rings is 2. The minimum absolute atomic E-state index is 0.105. The Morgan fingerprint density at radius 3 is 2.35 bits per heavy atom. The molecule has 6 nitrogen and oxygen atoms in total. The second-order valence-corrected chi connectivity index (χ2v) is 7.97. The fourth-order valence-electron chi connectivity index (χ4n) is 2.90. The molecule has 0 aliphatic carbocycles. The number of nitrogens with zero attached hydrogens (tertiary/aromatic N) is 1. The molecule has 0 N–H and O–H groups in total. The van der Waals surface area contributed by atoms with Gasteiger partial charge in [0.2, 0.25) is 10.0 Å². The number of piperidine rings is 1. The lowest BCUT2D eigenvalue weighted by Crippen LogP contribution is -2.35. The zero-order valence-corrected chi connectivity index (χ0v) is 15.4. The molecule has 26 heavy (non-hydrogen) atoms. The molecule has 2 aromatic carbocycles. The van der Waals surface area contributed by atoms with Crippen molar-refractivity contribution >= 4 is 16.0 Å². The molecule has 0 bridgehead atoms. The first-order valence-corrected chi connectivity index (χ1v) is 9.92. The van der Waals surface area contributed by atoms with E-state index >= 15 is 0 Å². The molecule has 0 spiro atoms. The molecule has 1 aliphatic rings. The van der Waals surface area contributed by atoms with Gasteiger partial charge >= 0.3 is 5.97 Å². The van der Waals surface area contributed by atoms with Crippen LogP contribution in [0, 0.1) is 0 Å². The number of sulfonamides is 1. The summed E-state index contributed by atoms with van der Waals surface area (Å²) in [6.07, 6.45) is 2.75.